The first-order valence-corrected chi connectivity index (χ1v) is 7.12. The molecule has 2 aliphatic carbocycles. The molecule has 3 fully saturated rings. The van der Waals surface area contributed by atoms with Crippen molar-refractivity contribution in [2.45, 2.75) is 31.7 Å². The largest absolute Gasteiger partial charge is 0.379 e. The van der Waals surface area contributed by atoms with Crippen molar-refractivity contribution >= 4 is 17.3 Å². The van der Waals surface area contributed by atoms with Crippen molar-refractivity contribution in [3.8, 4) is 0 Å². The molecule has 4 nitrogen and oxygen atoms in total. The predicted molar refractivity (Wildman–Crippen MR) is 70.5 cm³/mol. The highest BCUT2D eigenvalue weighted by molar-refractivity contribution is 7.80. The van der Waals surface area contributed by atoms with E-state index in [1.54, 1.807) is 0 Å². The first-order chi connectivity index (χ1) is 8.31. The van der Waals surface area contributed by atoms with Crippen LogP contribution in [0.15, 0.2) is 0 Å². The number of hydrogen-bond acceptors (Lipinski definition) is 3. The quantitative estimate of drug-likeness (QED) is 0.717. The fraction of sp³-hybridized carbons (Fsp3) is 0.917. The van der Waals surface area contributed by atoms with Gasteiger partial charge in [0.05, 0.1) is 13.2 Å². The lowest BCUT2D eigenvalue weighted by molar-refractivity contribution is 0.0245. The zero-order chi connectivity index (χ0) is 11.7. The molecule has 1 aliphatic heterocycles. The van der Waals surface area contributed by atoms with E-state index in [0.717, 1.165) is 43.3 Å². The first-order valence-electron chi connectivity index (χ1n) is 6.71. The molecule has 0 unspecified atom stereocenters. The van der Waals surface area contributed by atoms with Crippen LogP contribution in [0.2, 0.25) is 0 Å². The van der Waals surface area contributed by atoms with Crippen LogP contribution in [0.1, 0.15) is 25.7 Å². The molecule has 0 aromatic rings. The van der Waals surface area contributed by atoms with E-state index in [-0.39, 0.29) is 0 Å². The van der Waals surface area contributed by atoms with E-state index in [4.69, 9.17) is 17.0 Å². The molecule has 0 radical (unpaired) electrons. The average molecular weight is 255 g/mol. The van der Waals surface area contributed by atoms with Gasteiger partial charge >= 0.3 is 0 Å². The normalized spacial score (nSPS) is 37.1. The lowest BCUT2D eigenvalue weighted by Gasteiger charge is -2.30. The number of morpholine rings is 1. The molecule has 0 aromatic heterocycles. The van der Waals surface area contributed by atoms with Crippen LogP contribution in [0.5, 0.6) is 0 Å². The number of fused-ring (bicyclic) bond motifs is 2. The fourth-order valence-electron chi connectivity index (χ4n) is 3.44. The summed E-state index contributed by atoms with van der Waals surface area (Å²) in [6, 6.07) is 0.620. The van der Waals surface area contributed by atoms with Crippen molar-refractivity contribution < 1.29 is 4.74 Å². The van der Waals surface area contributed by atoms with Gasteiger partial charge in [0.25, 0.3) is 0 Å². The van der Waals surface area contributed by atoms with Gasteiger partial charge < -0.3 is 10.1 Å². The third-order valence-electron chi connectivity index (χ3n) is 4.33. The highest BCUT2D eigenvalue weighted by Gasteiger charge is 2.39. The Morgan fingerprint density at radius 2 is 2.00 bits per heavy atom. The molecule has 17 heavy (non-hydrogen) atoms. The third-order valence-corrected chi connectivity index (χ3v) is 4.53. The maximum Gasteiger partial charge on any atom is 0.181 e. The number of rotatable bonds is 2. The summed E-state index contributed by atoms with van der Waals surface area (Å²) in [6.45, 7) is 3.42. The number of hydrazine groups is 1. The number of nitrogens with zero attached hydrogens (tertiary/aromatic N) is 1. The molecule has 0 amide bonds. The highest BCUT2D eigenvalue weighted by atomic mass is 32.1. The summed E-state index contributed by atoms with van der Waals surface area (Å²) in [5.41, 5.74) is 3.28. The smallest absolute Gasteiger partial charge is 0.181 e. The van der Waals surface area contributed by atoms with Gasteiger partial charge in [-0.2, -0.15) is 0 Å². The molecule has 1 saturated heterocycles. The first kappa shape index (κ1) is 11.7. The van der Waals surface area contributed by atoms with Crippen LogP contribution in [0.3, 0.4) is 0 Å². The molecular formula is C12H21N3OS. The molecular weight excluding hydrogens is 234 g/mol. The highest BCUT2D eigenvalue weighted by Crippen LogP contribution is 2.44. The summed E-state index contributed by atoms with van der Waals surface area (Å²) in [5, 5.41) is 6.44. The van der Waals surface area contributed by atoms with Crippen molar-refractivity contribution in [3.05, 3.63) is 0 Å². The Morgan fingerprint density at radius 1 is 1.18 bits per heavy atom. The van der Waals surface area contributed by atoms with E-state index in [1.165, 1.54) is 25.7 Å². The van der Waals surface area contributed by atoms with Crippen LogP contribution in [-0.4, -0.2) is 42.5 Å². The Hall–Kier alpha value is -0.390. The second-order valence-corrected chi connectivity index (χ2v) is 5.87. The fourth-order valence-corrected chi connectivity index (χ4v) is 3.72. The topological polar surface area (TPSA) is 36.5 Å². The maximum absolute atomic E-state index is 5.38. The number of hydrogen-bond donors (Lipinski definition) is 2. The molecule has 1 heterocycles. The average Bonchev–Trinajstić information content (AvgIpc) is 2.92. The Labute approximate surface area is 108 Å². The van der Waals surface area contributed by atoms with Gasteiger partial charge in [-0.3, -0.25) is 5.43 Å². The Bertz CT molecular complexity index is 293. The predicted octanol–water partition coefficient (Wildman–Crippen LogP) is 0.886. The van der Waals surface area contributed by atoms with Crippen LogP contribution in [0.4, 0.5) is 0 Å². The van der Waals surface area contributed by atoms with Crippen molar-refractivity contribution in [2.24, 2.45) is 11.8 Å². The van der Waals surface area contributed by atoms with Crippen LogP contribution in [0, 0.1) is 11.8 Å². The Balaban J connectivity index is 1.44. The maximum atomic E-state index is 5.38. The van der Waals surface area contributed by atoms with Gasteiger partial charge in [-0.1, -0.05) is 6.42 Å². The van der Waals surface area contributed by atoms with Gasteiger partial charge in [0.2, 0.25) is 0 Å². The van der Waals surface area contributed by atoms with Crippen molar-refractivity contribution in [1.29, 1.82) is 0 Å². The minimum atomic E-state index is 0.620. The summed E-state index contributed by atoms with van der Waals surface area (Å²) >= 11 is 5.38. The van der Waals surface area contributed by atoms with E-state index in [2.05, 4.69) is 15.8 Å². The van der Waals surface area contributed by atoms with Crippen LogP contribution in [0.25, 0.3) is 0 Å². The van der Waals surface area contributed by atoms with E-state index < -0.39 is 0 Å². The lowest BCUT2D eigenvalue weighted by Crippen LogP contribution is -2.54. The molecule has 3 atom stereocenters. The van der Waals surface area contributed by atoms with E-state index in [1.807, 2.05) is 0 Å². The second-order valence-electron chi connectivity index (χ2n) is 5.47. The van der Waals surface area contributed by atoms with E-state index >= 15 is 0 Å². The van der Waals surface area contributed by atoms with Gasteiger partial charge in [0.15, 0.2) is 5.11 Å². The van der Waals surface area contributed by atoms with Gasteiger partial charge in [-0.25, -0.2) is 5.01 Å². The molecule has 0 aromatic carbocycles. The Morgan fingerprint density at radius 3 is 2.65 bits per heavy atom. The van der Waals surface area contributed by atoms with Crippen LogP contribution >= 0.6 is 12.2 Å². The standard InChI is InChI=1S/C12H21N3OS/c17-12(14-15-3-5-16-6-4-15)13-11-8-9-1-2-10(11)7-9/h9-11H,1-8H2,(H2,13,14,17)/t9-,10-,11+/m0/s1. The Kier molecular flexibility index (Phi) is 3.49. The molecule has 5 heteroatoms. The van der Waals surface area contributed by atoms with Crippen LogP contribution < -0.4 is 10.7 Å². The summed E-state index contributed by atoms with van der Waals surface area (Å²) in [7, 11) is 0. The molecule has 96 valence electrons. The summed E-state index contributed by atoms with van der Waals surface area (Å²) in [4.78, 5) is 0. The zero-order valence-corrected chi connectivity index (χ0v) is 11.0. The molecule has 0 spiro atoms. The lowest BCUT2D eigenvalue weighted by atomic mass is 9.96. The van der Waals surface area contributed by atoms with E-state index in [9.17, 15) is 0 Å². The molecule has 2 bridgehead atoms. The van der Waals surface area contributed by atoms with Crippen molar-refractivity contribution in [1.82, 2.24) is 15.8 Å². The van der Waals surface area contributed by atoms with Crippen molar-refractivity contribution in [2.75, 3.05) is 26.3 Å². The molecule has 2 N–H and O–H groups in total. The monoisotopic (exact) mass is 255 g/mol. The minimum absolute atomic E-state index is 0.620. The van der Waals surface area contributed by atoms with Crippen molar-refractivity contribution in [3.63, 3.8) is 0 Å². The summed E-state index contributed by atoms with van der Waals surface area (Å²) in [5.74, 6) is 1.83. The number of nitrogens with one attached hydrogen (secondary N) is 2. The SMILES string of the molecule is S=C(N[C@@H]1C[C@H]2CC[C@H]1C2)NN1CCOCC1. The van der Waals surface area contributed by atoms with Gasteiger partial charge in [0, 0.05) is 19.1 Å². The van der Waals surface area contributed by atoms with Gasteiger partial charge in [0.1, 0.15) is 0 Å². The number of ether oxygens (including phenoxy) is 1. The molecule has 3 rings (SSSR count). The molecule has 2 saturated carbocycles. The molecule has 3 aliphatic rings. The number of thiocarbonyl (C=S) groups is 1. The van der Waals surface area contributed by atoms with Crippen LogP contribution in [-0.2, 0) is 4.74 Å². The van der Waals surface area contributed by atoms with Gasteiger partial charge in [-0.15, -0.1) is 0 Å². The van der Waals surface area contributed by atoms with Gasteiger partial charge in [-0.05, 0) is 43.3 Å². The summed E-state index contributed by atoms with van der Waals surface area (Å²) < 4.78 is 5.31. The second kappa shape index (κ2) is 5.08. The summed E-state index contributed by atoms with van der Waals surface area (Å²) in [6.07, 6.45) is 5.56. The zero-order valence-electron chi connectivity index (χ0n) is 10.2. The third kappa shape index (κ3) is 2.72. The van der Waals surface area contributed by atoms with E-state index in [0.29, 0.717) is 6.04 Å². The minimum Gasteiger partial charge on any atom is -0.379 e.